The number of methoxy groups -OCH3 is 1. The minimum Gasteiger partial charge on any atom is -0.481 e. The van der Waals surface area contributed by atoms with Crippen molar-refractivity contribution in [3.8, 4) is 5.88 Å². The third-order valence-corrected chi connectivity index (χ3v) is 4.26. The maximum atomic E-state index is 5.98. The molecule has 0 amide bonds. The van der Waals surface area contributed by atoms with Crippen LogP contribution in [0.25, 0.3) is 0 Å². The topological polar surface area (TPSA) is 67.8 Å². The smallest absolute Gasteiger partial charge is 0.218 e. The first-order valence-corrected chi connectivity index (χ1v) is 8.87. The molecule has 1 aromatic heterocycles. The van der Waals surface area contributed by atoms with E-state index in [1.54, 1.807) is 20.4 Å². The Morgan fingerprint density at radius 2 is 2.00 bits per heavy atom. The van der Waals surface area contributed by atoms with E-state index in [-0.39, 0.29) is 24.0 Å². The predicted octanol–water partition coefficient (Wildman–Crippen LogP) is 3.11. The Bertz CT molecular complexity index is 506. The molecule has 0 radical (unpaired) electrons. The Hall–Kier alpha value is -1.09. The van der Waals surface area contributed by atoms with Crippen LogP contribution in [0, 0.1) is 0 Å². The van der Waals surface area contributed by atoms with E-state index < -0.39 is 0 Å². The summed E-state index contributed by atoms with van der Waals surface area (Å²) in [6.45, 7) is 2.07. The minimum atomic E-state index is 0. The molecule has 1 fully saturated rings. The number of halogens is 1. The largest absolute Gasteiger partial charge is 0.481 e. The van der Waals surface area contributed by atoms with E-state index in [2.05, 4.69) is 20.6 Å². The van der Waals surface area contributed by atoms with Crippen LogP contribution in [0.15, 0.2) is 23.3 Å². The van der Waals surface area contributed by atoms with Crippen molar-refractivity contribution in [2.24, 2.45) is 4.99 Å². The lowest BCUT2D eigenvalue weighted by Gasteiger charge is -2.17. The van der Waals surface area contributed by atoms with E-state index in [0.29, 0.717) is 25.1 Å². The zero-order chi connectivity index (χ0) is 17.0. The summed E-state index contributed by atoms with van der Waals surface area (Å²) in [7, 11) is 3.39. The number of aliphatic imine (C=N–C) groups is 1. The number of rotatable bonds is 7. The van der Waals surface area contributed by atoms with E-state index in [4.69, 9.17) is 9.47 Å². The van der Waals surface area contributed by atoms with Crippen LogP contribution in [0.1, 0.15) is 44.1 Å². The standard InChI is InChI=1S/C18H30N4O2.HI/c1-19-18(22-14-15-8-7-11-20-17(15)23-2)21-12-13-24-16-9-5-3-4-6-10-16;/h7-8,11,16H,3-6,9-10,12-14H2,1-2H3,(H2,19,21,22);1H. The second-order valence-electron chi connectivity index (χ2n) is 6.01. The molecule has 0 aliphatic heterocycles. The number of guanidine groups is 1. The van der Waals surface area contributed by atoms with Gasteiger partial charge in [0.2, 0.25) is 5.88 Å². The molecule has 1 aliphatic rings. The molecule has 0 unspecified atom stereocenters. The Morgan fingerprint density at radius 1 is 1.24 bits per heavy atom. The second-order valence-corrected chi connectivity index (χ2v) is 6.01. The Balaban J connectivity index is 0.00000312. The molecule has 142 valence electrons. The summed E-state index contributed by atoms with van der Waals surface area (Å²) in [4.78, 5) is 8.43. The summed E-state index contributed by atoms with van der Waals surface area (Å²) in [5.74, 6) is 1.39. The lowest BCUT2D eigenvalue weighted by molar-refractivity contribution is 0.0468. The molecule has 0 atom stereocenters. The SMILES string of the molecule is CN=C(NCCOC1CCCCCC1)NCc1cccnc1OC.I. The van der Waals surface area contributed by atoms with Gasteiger partial charge in [0.25, 0.3) is 0 Å². The van der Waals surface area contributed by atoms with Gasteiger partial charge >= 0.3 is 0 Å². The maximum Gasteiger partial charge on any atom is 0.218 e. The molecule has 1 saturated carbocycles. The fourth-order valence-corrected chi connectivity index (χ4v) is 2.95. The number of nitrogens with one attached hydrogen (secondary N) is 2. The van der Waals surface area contributed by atoms with Crippen molar-refractivity contribution in [3.05, 3.63) is 23.9 Å². The van der Waals surface area contributed by atoms with E-state index in [9.17, 15) is 0 Å². The first-order valence-electron chi connectivity index (χ1n) is 8.87. The van der Waals surface area contributed by atoms with Gasteiger partial charge in [0.1, 0.15) is 0 Å². The van der Waals surface area contributed by atoms with E-state index in [1.165, 1.54) is 38.5 Å². The fraction of sp³-hybridized carbons (Fsp3) is 0.667. The van der Waals surface area contributed by atoms with Crippen molar-refractivity contribution < 1.29 is 9.47 Å². The molecule has 0 bridgehead atoms. The zero-order valence-corrected chi connectivity index (χ0v) is 17.6. The molecular formula is C18H31IN4O2. The van der Waals surface area contributed by atoms with Gasteiger partial charge in [-0.1, -0.05) is 31.7 Å². The molecule has 1 heterocycles. The van der Waals surface area contributed by atoms with Crippen LogP contribution in [0.3, 0.4) is 0 Å². The Morgan fingerprint density at radius 3 is 2.68 bits per heavy atom. The van der Waals surface area contributed by atoms with Crippen LogP contribution >= 0.6 is 24.0 Å². The van der Waals surface area contributed by atoms with Crippen LogP contribution in [-0.2, 0) is 11.3 Å². The van der Waals surface area contributed by atoms with Gasteiger partial charge in [-0.05, 0) is 18.9 Å². The number of ether oxygens (including phenoxy) is 2. The highest BCUT2D eigenvalue weighted by atomic mass is 127. The average Bonchev–Trinajstić information content (AvgIpc) is 2.90. The van der Waals surface area contributed by atoms with Gasteiger partial charge in [0.05, 0.1) is 19.8 Å². The van der Waals surface area contributed by atoms with E-state index >= 15 is 0 Å². The molecule has 1 aliphatic carbocycles. The van der Waals surface area contributed by atoms with Crippen molar-refractivity contribution in [1.29, 1.82) is 0 Å². The third kappa shape index (κ3) is 8.22. The van der Waals surface area contributed by atoms with Crippen LogP contribution in [0.4, 0.5) is 0 Å². The molecule has 6 nitrogen and oxygen atoms in total. The molecule has 2 N–H and O–H groups in total. The Kier molecular flexibility index (Phi) is 11.6. The number of hydrogen-bond donors (Lipinski definition) is 2. The first kappa shape index (κ1) is 22.0. The summed E-state index contributed by atoms with van der Waals surface area (Å²) in [6.07, 6.45) is 9.87. The lowest BCUT2D eigenvalue weighted by Crippen LogP contribution is -2.39. The summed E-state index contributed by atoms with van der Waals surface area (Å²) < 4.78 is 11.2. The van der Waals surface area contributed by atoms with Crippen LogP contribution < -0.4 is 15.4 Å². The molecule has 1 aromatic rings. The van der Waals surface area contributed by atoms with Gasteiger partial charge < -0.3 is 20.1 Å². The highest BCUT2D eigenvalue weighted by Gasteiger charge is 2.12. The van der Waals surface area contributed by atoms with E-state index in [1.807, 2.05) is 12.1 Å². The maximum absolute atomic E-state index is 5.98. The molecule has 0 saturated heterocycles. The summed E-state index contributed by atoms with van der Waals surface area (Å²) in [5, 5.41) is 6.56. The number of pyridine rings is 1. The molecular weight excluding hydrogens is 431 g/mol. The van der Waals surface area contributed by atoms with Gasteiger partial charge in [0.15, 0.2) is 5.96 Å². The molecule has 7 heteroatoms. The van der Waals surface area contributed by atoms with Crippen molar-refractivity contribution in [1.82, 2.24) is 15.6 Å². The zero-order valence-electron chi connectivity index (χ0n) is 15.3. The van der Waals surface area contributed by atoms with Gasteiger partial charge in [-0.15, -0.1) is 24.0 Å². The predicted molar refractivity (Wildman–Crippen MR) is 112 cm³/mol. The molecule has 0 aromatic carbocycles. The lowest BCUT2D eigenvalue weighted by atomic mass is 10.1. The van der Waals surface area contributed by atoms with Crippen LogP contribution in [0.2, 0.25) is 0 Å². The van der Waals surface area contributed by atoms with E-state index in [0.717, 1.165) is 18.1 Å². The van der Waals surface area contributed by atoms with Crippen molar-refractivity contribution in [3.63, 3.8) is 0 Å². The highest BCUT2D eigenvalue weighted by Crippen LogP contribution is 2.19. The molecule has 25 heavy (non-hydrogen) atoms. The minimum absolute atomic E-state index is 0. The normalized spacial score (nSPS) is 15.8. The monoisotopic (exact) mass is 462 g/mol. The summed E-state index contributed by atoms with van der Waals surface area (Å²) in [5.41, 5.74) is 0.998. The molecule has 0 spiro atoms. The highest BCUT2D eigenvalue weighted by molar-refractivity contribution is 14.0. The summed E-state index contributed by atoms with van der Waals surface area (Å²) >= 11 is 0. The first-order chi connectivity index (χ1) is 11.8. The van der Waals surface area contributed by atoms with Crippen LogP contribution in [-0.4, -0.2) is 44.4 Å². The van der Waals surface area contributed by atoms with Crippen molar-refractivity contribution in [2.45, 2.75) is 51.2 Å². The van der Waals surface area contributed by atoms with Gasteiger partial charge in [-0.2, -0.15) is 0 Å². The number of hydrogen-bond acceptors (Lipinski definition) is 4. The summed E-state index contributed by atoms with van der Waals surface area (Å²) in [6, 6.07) is 3.89. The number of aromatic nitrogens is 1. The van der Waals surface area contributed by atoms with Crippen LogP contribution in [0.5, 0.6) is 5.88 Å². The van der Waals surface area contributed by atoms with Gasteiger partial charge in [-0.25, -0.2) is 4.98 Å². The molecule has 2 rings (SSSR count). The second kappa shape index (κ2) is 13.2. The third-order valence-electron chi connectivity index (χ3n) is 4.26. The fourth-order valence-electron chi connectivity index (χ4n) is 2.95. The number of nitrogens with zero attached hydrogens (tertiary/aromatic N) is 2. The van der Waals surface area contributed by atoms with Crippen molar-refractivity contribution >= 4 is 29.9 Å². The van der Waals surface area contributed by atoms with Gasteiger partial charge in [-0.3, -0.25) is 4.99 Å². The Labute approximate surface area is 168 Å². The average molecular weight is 462 g/mol. The van der Waals surface area contributed by atoms with Crippen molar-refractivity contribution in [2.75, 3.05) is 27.3 Å². The van der Waals surface area contributed by atoms with Gasteiger partial charge in [0, 0.05) is 31.9 Å². The quantitative estimate of drug-likeness (QED) is 0.214.